The van der Waals surface area contributed by atoms with Crippen LogP contribution in [0.3, 0.4) is 0 Å². The van der Waals surface area contributed by atoms with Gasteiger partial charge in [0.1, 0.15) is 0 Å². The maximum absolute atomic E-state index is 11.4. The SMILES string of the molecule is CS(=O)c1ccc(CNC23CC4CC(CC(C4)C2)C3)cc1. The second kappa shape index (κ2) is 5.20. The maximum atomic E-state index is 11.4. The third-order valence-corrected chi connectivity index (χ3v) is 6.90. The van der Waals surface area contributed by atoms with Gasteiger partial charge in [-0.2, -0.15) is 0 Å². The Kier molecular flexibility index (Phi) is 3.46. The maximum Gasteiger partial charge on any atom is 0.0498 e. The second-order valence-corrected chi connectivity index (χ2v) is 9.03. The average Bonchev–Trinajstić information content (AvgIpc) is 2.44. The van der Waals surface area contributed by atoms with Gasteiger partial charge in [-0.25, -0.2) is 0 Å². The van der Waals surface area contributed by atoms with E-state index in [4.69, 9.17) is 0 Å². The Bertz CT molecular complexity index is 516. The van der Waals surface area contributed by atoms with Gasteiger partial charge >= 0.3 is 0 Å². The molecule has 0 aliphatic heterocycles. The highest BCUT2D eigenvalue weighted by Crippen LogP contribution is 2.55. The van der Waals surface area contributed by atoms with E-state index < -0.39 is 10.8 Å². The fraction of sp³-hybridized carbons (Fsp3) is 0.667. The van der Waals surface area contributed by atoms with E-state index in [0.29, 0.717) is 5.54 Å². The molecule has 1 N–H and O–H groups in total. The van der Waals surface area contributed by atoms with Crippen molar-refractivity contribution in [3.8, 4) is 0 Å². The Balaban J connectivity index is 1.43. The number of nitrogens with one attached hydrogen (secondary N) is 1. The molecule has 0 heterocycles. The predicted molar refractivity (Wildman–Crippen MR) is 86.5 cm³/mol. The molecule has 4 fully saturated rings. The number of hydrogen-bond donors (Lipinski definition) is 1. The van der Waals surface area contributed by atoms with Crippen LogP contribution >= 0.6 is 0 Å². The van der Waals surface area contributed by atoms with E-state index in [9.17, 15) is 4.21 Å². The second-order valence-electron chi connectivity index (χ2n) is 7.65. The molecule has 2 nitrogen and oxygen atoms in total. The molecule has 0 spiro atoms. The minimum atomic E-state index is -0.870. The molecule has 4 saturated carbocycles. The summed E-state index contributed by atoms with van der Waals surface area (Å²) in [4.78, 5) is 0.925. The summed E-state index contributed by atoms with van der Waals surface area (Å²) in [6.07, 6.45) is 10.4. The lowest BCUT2D eigenvalue weighted by Crippen LogP contribution is -2.58. The van der Waals surface area contributed by atoms with Gasteiger partial charge < -0.3 is 5.32 Å². The van der Waals surface area contributed by atoms with Crippen LogP contribution in [-0.4, -0.2) is 16.0 Å². The summed E-state index contributed by atoms with van der Waals surface area (Å²) >= 11 is 0. The van der Waals surface area contributed by atoms with Crippen molar-refractivity contribution in [1.82, 2.24) is 5.32 Å². The lowest BCUT2D eigenvalue weighted by atomic mass is 9.53. The summed E-state index contributed by atoms with van der Waals surface area (Å²) in [6, 6.07) is 8.27. The Morgan fingerprint density at radius 2 is 1.57 bits per heavy atom. The summed E-state index contributed by atoms with van der Waals surface area (Å²) in [5, 5.41) is 3.92. The highest BCUT2D eigenvalue weighted by molar-refractivity contribution is 7.84. The van der Waals surface area contributed by atoms with Crippen molar-refractivity contribution in [2.45, 2.75) is 55.5 Å². The van der Waals surface area contributed by atoms with Crippen LogP contribution in [0.15, 0.2) is 29.2 Å². The molecular weight excluding hydrogens is 278 g/mol. The van der Waals surface area contributed by atoms with Crippen LogP contribution in [-0.2, 0) is 17.3 Å². The van der Waals surface area contributed by atoms with Crippen LogP contribution in [0, 0.1) is 17.8 Å². The van der Waals surface area contributed by atoms with Gasteiger partial charge in [-0.15, -0.1) is 0 Å². The van der Waals surface area contributed by atoms with Crippen LogP contribution in [0.1, 0.15) is 44.1 Å². The minimum Gasteiger partial charge on any atom is -0.307 e. The van der Waals surface area contributed by atoms with Gasteiger partial charge in [0.05, 0.1) is 0 Å². The van der Waals surface area contributed by atoms with E-state index in [0.717, 1.165) is 29.2 Å². The number of hydrogen-bond acceptors (Lipinski definition) is 2. The molecular formula is C18H25NOS. The van der Waals surface area contributed by atoms with E-state index >= 15 is 0 Å². The average molecular weight is 303 g/mol. The zero-order chi connectivity index (χ0) is 14.4. The van der Waals surface area contributed by atoms with Gasteiger partial charge in [0.25, 0.3) is 0 Å². The summed E-state index contributed by atoms with van der Waals surface area (Å²) in [5.41, 5.74) is 1.75. The molecule has 21 heavy (non-hydrogen) atoms. The molecule has 3 heteroatoms. The normalized spacial score (nSPS) is 38.6. The minimum absolute atomic E-state index is 0.432. The summed E-state index contributed by atoms with van der Waals surface area (Å²) in [7, 11) is -0.870. The monoisotopic (exact) mass is 303 g/mol. The zero-order valence-electron chi connectivity index (χ0n) is 12.8. The Morgan fingerprint density at radius 1 is 1.05 bits per heavy atom. The van der Waals surface area contributed by atoms with E-state index in [-0.39, 0.29) is 0 Å². The fourth-order valence-electron chi connectivity index (χ4n) is 5.42. The third-order valence-electron chi connectivity index (χ3n) is 5.96. The van der Waals surface area contributed by atoms with Crippen LogP contribution in [0.4, 0.5) is 0 Å². The van der Waals surface area contributed by atoms with E-state index in [1.807, 2.05) is 12.1 Å². The van der Waals surface area contributed by atoms with Gasteiger partial charge in [-0.1, -0.05) is 12.1 Å². The van der Waals surface area contributed by atoms with Crippen molar-refractivity contribution in [1.29, 1.82) is 0 Å². The molecule has 1 unspecified atom stereocenters. The molecule has 5 rings (SSSR count). The molecule has 4 aliphatic carbocycles. The highest BCUT2D eigenvalue weighted by Gasteiger charge is 2.50. The van der Waals surface area contributed by atoms with Crippen LogP contribution in [0.25, 0.3) is 0 Å². The number of rotatable bonds is 4. The van der Waals surface area contributed by atoms with Crippen molar-refractivity contribution in [2.75, 3.05) is 6.26 Å². The third kappa shape index (κ3) is 2.70. The summed E-state index contributed by atoms with van der Waals surface area (Å²) in [5.74, 6) is 2.98. The Labute approximate surface area is 130 Å². The first kappa shape index (κ1) is 14.0. The molecule has 4 aliphatic rings. The largest absolute Gasteiger partial charge is 0.307 e. The predicted octanol–water partition coefficient (Wildman–Crippen LogP) is 3.48. The van der Waals surface area contributed by atoms with Gasteiger partial charge in [0, 0.05) is 34.0 Å². The van der Waals surface area contributed by atoms with Crippen LogP contribution in [0.2, 0.25) is 0 Å². The Hall–Kier alpha value is -0.670. The lowest BCUT2D eigenvalue weighted by molar-refractivity contribution is -0.0206. The smallest absolute Gasteiger partial charge is 0.0498 e. The van der Waals surface area contributed by atoms with Crippen molar-refractivity contribution in [2.24, 2.45) is 17.8 Å². The molecule has 1 aromatic rings. The standard InChI is InChI=1S/C18H25NOS/c1-21(20)17-4-2-13(3-5-17)12-19-18-9-14-6-15(10-18)8-16(7-14)11-18/h2-5,14-16,19H,6-12H2,1H3. The molecule has 114 valence electrons. The number of benzene rings is 1. The lowest BCUT2D eigenvalue weighted by Gasteiger charge is -2.57. The molecule has 0 radical (unpaired) electrons. The van der Waals surface area contributed by atoms with Crippen LogP contribution < -0.4 is 5.32 Å². The highest BCUT2D eigenvalue weighted by atomic mass is 32.2. The molecule has 4 bridgehead atoms. The fourth-order valence-corrected chi connectivity index (χ4v) is 5.94. The van der Waals surface area contributed by atoms with Crippen molar-refractivity contribution in [3.63, 3.8) is 0 Å². The molecule has 0 aromatic heterocycles. The summed E-state index contributed by atoms with van der Waals surface area (Å²) < 4.78 is 11.4. The topological polar surface area (TPSA) is 29.1 Å². The van der Waals surface area contributed by atoms with Gasteiger partial charge in [0.2, 0.25) is 0 Å². The van der Waals surface area contributed by atoms with Crippen molar-refractivity contribution < 1.29 is 4.21 Å². The molecule has 0 amide bonds. The van der Waals surface area contributed by atoms with E-state index in [1.54, 1.807) is 6.26 Å². The van der Waals surface area contributed by atoms with E-state index in [1.165, 1.54) is 44.1 Å². The first-order valence-corrected chi connectivity index (χ1v) is 9.85. The van der Waals surface area contributed by atoms with Gasteiger partial charge in [-0.3, -0.25) is 4.21 Å². The zero-order valence-corrected chi connectivity index (χ0v) is 13.6. The van der Waals surface area contributed by atoms with Crippen molar-refractivity contribution >= 4 is 10.8 Å². The quantitative estimate of drug-likeness (QED) is 0.922. The van der Waals surface area contributed by atoms with Gasteiger partial charge in [0.15, 0.2) is 0 Å². The molecule has 0 saturated heterocycles. The van der Waals surface area contributed by atoms with E-state index in [2.05, 4.69) is 17.4 Å². The van der Waals surface area contributed by atoms with Crippen molar-refractivity contribution in [3.05, 3.63) is 29.8 Å². The van der Waals surface area contributed by atoms with Gasteiger partial charge in [-0.05, 0) is 74.0 Å². The first-order chi connectivity index (χ1) is 10.1. The Morgan fingerprint density at radius 3 is 2.05 bits per heavy atom. The first-order valence-electron chi connectivity index (χ1n) is 8.29. The molecule has 1 atom stereocenters. The molecule has 1 aromatic carbocycles. The summed E-state index contributed by atoms with van der Waals surface area (Å²) in [6.45, 7) is 0.961. The van der Waals surface area contributed by atoms with Crippen LogP contribution in [0.5, 0.6) is 0 Å².